The molecule has 0 aromatic heterocycles. The third-order valence-corrected chi connectivity index (χ3v) is 7.25. The molecule has 4 rings (SSSR count). The maximum Gasteiger partial charge on any atom is 0.320 e. The van der Waals surface area contributed by atoms with Gasteiger partial charge >= 0.3 is 6.03 Å². The summed E-state index contributed by atoms with van der Waals surface area (Å²) in [6.45, 7) is 7.93. The Labute approximate surface area is 174 Å². The van der Waals surface area contributed by atoms with Crippen LogP contribution in [0.2, 0.25) is 0 Å². The summed E-state index contributed by atoms with van der Waals surface area (Å²) in [5.74, 6) is 0.139. The lowest BCUT2D eigenvalue weighted by Crippen LogP contribution is -3.16. The van der Waals surface area contributed by atoms with Crippen molar-refractivity contribution in [3.8, 4) is 0 Å². The van der Waals surface area contributed by atoms with E-state index < -0.39 is 5.54 Å². The Morgan fingerprint density at radius 1 is 1.07 bits per heavy atom. The lowest BCUT2D eigenvalue weighted by atomic mass is 9.80. The van der Waals surface area contributed by atoms with Gasteiger partial charge in [0.1, 0.15) is 11.6 Å². The number of para-hydroxylation sites is 1. The predicted octanol–water partition coefficient (Wildman–Crippen LogP) is 2.02. The molecule has 2 aliphatic heterocycles. The van der Waals surface area contributed by atoms with Crippen LogP contribution in [0, 0.1) is 13.8 Å². The normalized spacial score (nSPS) is 25.9. The molecule has 29 heavy (non-hydrogen) atoms. The number of quaternary nitrogens is 1. The number of hydrogen-bond acceptors (Lipinski definition) is 2. The second kappa shape index (κ2) is 8.34. The van der Waals surface area contributed by atoms with Gasteiger partial charge in [-0.1, -0.05) is 37.5 Å². The second-order valence-corrected chi connectivity index (χ2v) is 9.24. The largest absolute Gasteiger partial charge is 0.330 e. The van der Waals surface area contributed by atoms with E-state index in [1.807, 2.05) is 36.9 Å². The molecule has 1 aliphatic carbocycles. The van der Waals surface area contributed by atoms with Gasteiger partial charge in [0.05, 0.1) is 26.2 Å². The van der Waals surface area contributed by atoms with Crippen LogP contribution in [0.15, 0.2) is 18.2 Å². The molecule has 2 heterocycles. The summed E-state index contributed by atoms with van der Waals surface area (Å²) in [5.41, 5.74) is 2.15. The third kappa shape index (κ3) is 4.13. The number of amides is 3. The Morgan fingerprint density at radius 3 is 2.52 bits per heavy atom. The fourth-order valence-electron chi connectivity index (χ4n) is 5.58. The van der Waals surface area contributed by atoms with Crippen LogP contribution in [-0.2, 0) is 4.79 Å². The number of benzene rings is 1. The van der Waals surface area contributed by atoms with Crippen LogP contribution in [0.4, 0.5) is 10.5 Å². The summed E-state index contributed by atoms with van der Waals surface area (Å²) in [6.07, 6.45) is 7.08. The highest BCUT2D eigenvalue weighted by atomic mass is 16.2. The first-order chi connectivity index (χ1) is 14.0. The number of rotatable bonds is 3. The fourth-order valence-corrected chi connectivity index (χ4v) is 5.58. The van der Waals surface area contributed by atoms with Gasteiger partial charge in [-0.2, -0.15) is 0 Å². The Hall–Kier alpha value is -2.08. The molecule has 6 heteroatoms. The topological polar surface area (TPSA) is 65.9 Å². The minimum absolute atomic E-state index is 0.139. The number of aryl methyl sites for hydroxylation is 2. The van der Waals surface area contributed by atoms with Gasteiger partial charge in [0, 0.05) is 18.5 Å². The Kier molecular flexibility index (Phi) is 5.81. The van der Waals surface area contributed by atoms with Gasteiger partial charge in [0.2, 0.25) is 5.91 Å². The lowest BCUT2D eigenvalue weighted by molar-refractivity contribution is -0.916. The van der Waals surface area contributed by atoms with Gasteiger partial charge in [-0.25, -0.2) is 4.79 Å². The smallest absolute Gasteiger partial charge is 0.320 e. The first-order valence-electron chi connectivity index (χ1n) is 11.3. The van der Waals surface area contributed by atoms with Crippen LogP contribution < -0.4 is 15.5 Å². The van der Waals surface area contributed by atoms with E-state index in [1.54, 1.807) is 4.90 Å². The molecule has 1 aromatic carbocycles. The number of carbonyl (C=O) groups excluding carboxylic acids is 2. The average Bonchev–Trinajstić information content (AvgIpc) is 3.19. The molecule has 1 aromatic rings. The van der Waals surface area contributed by atoms with Crippen LogP contribution in [0.3, 0.4) is 0 Å². The minimum Gasteiger partial charge on any atom is -0.330 e. The molecule has 1 unspecified atom stereocenters. The van der Waals surface area contributed by atoms with E-state index in [2.05, 4.69) is 10.6 Å². The van der Waals surface area contributed by atoms with Crippen molar-refractivity contribution in [2.45, 2.75) is 70.4 Å². The van der Waals surface area contributed by atoms with Crippen LogP contribution in [-0.4, -0.2) is 54.6 Å². The van der Waals surface area contributed by atoms with E-state index in [0.29, 0.717) is 6.04 Å². The Balaban J connectivity index is 1.49. The monoisotopic (exact) mass is 399 g/mol. The first-order valence-corrected chi connectivity index (χ1v) is 11.3. The number of hydrogen-bond donors (Lipinski definition) is 3. The summed E-state index contributed by atoms with van der Waals surface area (Å²) in [6, 6.07) is 6.30. The molecule has 0 radical (unpaired) electrons. The van der Waals surface area contributed by atoms with E-state index in [0.717, 1.165) is 68.6 Å². The third-order valence-electron chi connectivity index (χ3n) is 7.25. The summed E-state index contributed by atoms with van der Waals surface area (Å²) < 4.78 is 0. The number of piperazine rings is 1. The predicted molar refractivity (Wildman–Crippen MR) is 114 cm³/mol. The molecular weight excluding hydrogens is 364 g/mol. The van der Waals surface area contributed by atoms with E-state index in [9.17, 15) is 9.59 Å². The maximum atomic E-state index is 13.7. The van der Waals surface area contributed by atoms with Gasteiger partial charge in [0.25, 0.3) is 0 Å². The number of nitrogens with zero attached hydrogens (tertiary/aromatic N) is 1. The highest BCUT2D eigenvalue weighted by molar-refractivity contribution is 5.97. The molecule has 2 atom stereocenters. The van der Waals surface area contributed by atoms with Crippen molar-refractivity contribution in [1.82, 2.24) is 10.2 Å². The SMILES string of the molecule is Cc1cccc(C)c1NC(=O)NC1(C(=O)N2CC[NH+]3CCC[C@@H]3C2)CCCCC1. The number of fused-ring (bicyclic) bond motifs is 1. The van der Waals surface area contributed by atoms with E-state index in [4.69, 9.17) is 0 Å². The highest BCUT2D eigenvalue weighted by Gasteiger charge is 2.46. The number of carbonyl (C=O) groups is 2. The number of anilines is 1. The zero-order valence-corrected chi connectivity index (χ0v) is 17.9. The van der Waals surface area contributed by atoms with Crippen molar-refractivity contribution in [1.29, 1.82) is 0 Å². The molecule has 6 nitrogen and oxygen atoms in total. The van der Waals surface area contributed by atoms with Gasteiger partial charge in [0.15, 0.2) is 0 Å². The standard InChI is InChI=1S/C23H34N4O2/c1-17-8-6-9-18(2)20(17)24-22(29)25-23(11-4-3-5-12-23)21(28)27-15-14-26-13-7-10-19(26)16-27/h6,8-9,19H,3-5,7,10-16H2,1-2H3,(H2,24,25,29)/p+1/t19-/m1/s1. The quantitative estimate of drug-likeness (QED) is 0.728. The van der Waals surface area contributed by atoms with Crippen LogP contribution >= 0.6 is 0 Å². The molecule has 3 N–H and O–H groups in total. The maximum absolute atomic E-state index is 13.7. The molecule has 0 spiro atoms. The van der Waals surface area contributed by atoms with Crippen LogP contribution in [0.5, 0.6) is 0 Å². The van der Waals surface area contributed by atoms with Crippen LogP contribution in [0.1, 0.15) is 56.1 Å². The van der Waals surface area contributed by atoms with Gasteiger partial charge in [-0.05, 0) is 37.8 Å². The Morgan fingerprint density at radius 2 is 1.79 bits per heavy atom. The van der Waals surface area contributed by atoms with E-state index >= 15 is 0 Å². The van der Waals surface area contributed by atoms with Crippen molar-refractivity contribution in [2.24, 2.45) is 0 Å². The molecule has 2 saturated heterocycles. The molecular formula is C23H35N4O2+. The molecule has 3 aliphatic rings. The van der Waals surface area contributed by atoms with Crippen molar-refractivity contribution >= 4 is 17.6 Å². The molecule has 3 amide bonds. The molecule has 3 fully saturated rings. The van der Waals surface area contributed by atoms with Crippen molar-refractivity contribution < 1.29 is 14.5 Å². The van der Waals surface area contributed by atoms with Gasteiger partial charge in [-0.3, -0.25) is 4.79 Å². The zero-order valence-electron chi connectivity index (χ0n) is 17.9. The summed E-state index contributed by atoms with van der Waals surface area (Å²) >= 11 is 0. The van der Waals surface area contributed by atoms with E-state index in [1.165, 1.54) is 19.4 Å². The van der Waals surface area contributed by atoms with Crippen LogP contribution in [0.25, 0.3) is 0 Å². The average molecular weight is 400 g/mol. The first kappa shape index (κ1) is 20.2. The number of nitrogens with one attached hydrogen (secondary N) is 3. The molecule has 158 valence electrons. The minimum atomic E-state index is -0.755. The lowest BCUT2D eigenvalue weighted by Gasteiger charge is -2.43. The van der Waals surface area contributed by atoms with Crippen molar-refractivity contribution in [2.75, 3.05) is 31.5 Å². The van der Waals surface area contributed by atoms with Gasteiger partial charge in [-0.15, -0.1) is 0 Å². The van der Waals surface area contributed by atoms with E-state index in [-0.39, 0.29) is 11.9 Å². The summed E-state index contributed by atoms with van der Waals surface area (Å²) in [4.78, 5) is 30.3. The summed E-state index contributed by atoms with van der Waals surface area (Å²) in [7, 11) is 0. The van der Waals surface area contributed by atoms with Gasteiger partial charge < -0.3 is 20.4 Å². The summed E-state index contributed by atoms with van der Waals surface area (Å²) in [5, 5.41) is 6.16. The highest BCUT2D eigenvalue weighted by Crippen LogP contribution is 2.31. The number of urea groups is 1. The second-order valence-electron chi connectivity index (χ2n) is 9.24. The molecule has 0 bridgehead atoms. The fraction of sp³-hybridized carbons (Fsp3) is 0.652. The zero-order chi connectivity index (χ0) is 20.4. The Bertz CT molecular complexity index is 752. The van der Waals surface area contributed by atoms with Crippen molar-refractivity contribution in [3.63, 3.8) is 0 Å². The van der Waals surface area contributed by atoms with Crippen molar-refractivity contribution in [3.05, 3.63) is 29.3 Å². The molecule has 1 saturated carbocycles.